The number of nitrogens with zero attached hydrogens (tertiary/aromatic N) is 2. The first-order chi connectivity index (χ1) is 9.95. The molecule has 21 heavy (non-hydrogen) atoms. The van der Waals surface area contributed by atoms with Crippen LogP contribution in [0.1, 0.15) is 19.8 Å². The lowest BCUT2D eigenvalue weighted by atomic mass is 9.98. The summed E-state index contributed by atoms with van der Waals surface area (Å²) in [6.07, 6.45) is 3.86. The Morgan fingerprint density at radius 1 is 1.43 bits per heavy atom. The maximum absolute atomic E-state index is 12.6. The number of hydrogen-bond donors (Lipinski definition) is 2. The summed E-state index contributed by atoms with van der Waals surface area (Å²) in [6, 6.07) is 1.58. The van der Waals surface area contributed by atoms with E-state index in [1.807, 2.05) is 6.92 Å². The first-order valence-corrected chi connectivity index (χ1v) is 8.37. The molecule has 0 atom stereocenters. The highest BCUT2D eigenvalue weighted by Crippen LogP contribution is 2.24. The second kappa shape index (κ2) is 6.40. The van der Waals surface area contributed by atoms with Gasteiger partial charge < -0.3 is 11.1 Å². The Morgan fingerprint density at radius 3 is 2.67 bits per heavy atom. The summed E-state index contributed by atoms with van der Waals surface area (Å²) in [7, 11) is -3.57. The summed E-state index contributed by atoms with van der Waals surface area (Å²) in [5, 5.41) is 3.04. The van der Waals surface area contributed by atoms with Gasteiger partial charge in [-0.15, -0.1) is 0 Å². The lowest BCUT2D eigenvalue weighted by Crippen LogP contribution is -2.41. The predicted octanol–water partition coefficient (Wildman–Crippen LogP) is 0.399. The van der Waals surface area contributed by atoms with E-state index in [1.54, 1.807) is 12.3 Å². The molecule has 1 fully saturated rings. The van der Waals surface area contributed by atoms with E-state index >= 15 is 0 Å². The number of piperidine rings is 1. The molecule has 7 nitrogen and oxygen atoms in total. The van der Waals surface area contributed by atoms with Crippen LogP contribution in [-0.4, -0.2) is 43.2 Å². The van der Waals surface area contributed by atoms with Crippen molar-refractivity contribution in [2.45, 2.75) is 24.7 Å². The molecule has 1 amide bonds. The largest absolute Gasteiger partial charge is 0.384 e. The van der Waals surface area contributed by atoms with Crippen molar-refractivity contribution in [3.63, 3.8) is 0 Å². The number of amides is 1. The van der Waals surface area contributed by atoms with E-state index in [1.165, 1.54) is 10.5 Å². The van der Waals surface area contributed by atoms with Crippen molar-refractivity contribution in [3.05, 3.63) is 18.5 Å². The third kappa shape index (κ3) is 3.51. The number of anilines is 1. The van der Waals surface area contributed by atoms with E-state index in [0.29, 0.717) is 38.2 Å². The van der Waals surface area contributed by atoms with Crippen LogP contribution in [-0.2, 0) is 14.8 Å². The van der Waals surface area contributed by atoms with E-state index < -0.39 is 10.0 Å². The molecule has 3 N–H and O–H groups in total. The molecule has 0 aromatic carbocycles. The molecule has 0 saturated carbocycles. The van der Waals surface area contributed by atoms with Gasteiger partial charge in [-0.2, -0.15) is 4.31 Å². The van der Waals surface area contributed by atoms with Crippen molar-refractivity contribution in [2.24, 2.45) is 11.7 Å². The van der Waals surface area contributed by atoms with Crippen molar-refractivity contribution in [1.29, 1.82) is 0 Å². The third-order valence-electron chi connectivity index (χ3n) is 3.59. The van der Waals surface area contributed by atoms with Crippen LogP contribution in [0.3, 0.4) is 0 Å². The molecule has 0 unspecified atom stereocenters. The standard InChI is InChI=1S/C13H20N4O3S/c1-2-16-11-7-12(9-15-8-11)21(19,20)17-5-3-10(4-6-17)13(14)18/h7-10,16H,2-6H2,1H3,(H2,14,18). The summed E-state index contributed by atoms with van der Waals surface area (Å²) >= 11 is 0. The van der Waals surface area contributed by atoms with Crippen molar-refractivity contribution in [1.82, 2.24) is 9.29 Å². The number of nitrogens with two attached hydrogens (primary N) is 1. The number of aromatic nitrogens is 1. The average molecular weight is 312 g/mol. The van der Waals surface area contributed by atoms with Gasteiger partial charge in [0, 0.05) is 31.7 Å². The number of primary amides is 1. The van der Waals surface area contributed by atoms with Gasteiger partial charge in [0.05, 0.1) is 11.9 Å². The van der Waals surface area contributed by atoms with Gasteiger partial charge in [0.1, 0.15) is 4.90 Å². The van der Waals surface area contributed by atoms with Gasteiger partial charge in [0.2, 0.25) is 15.9 Å². The lowest BCUT2D eigenvalue weighted by molar-refractivity contribution is -0.122. The van der Waals surface area contributed by atoms with E-state index in [0.717, 1.165) is 0 Å². The van der Waals surface area contributed by atoms with Gasteiger partial charge >= 0.3 is 0 Å². The number of sulfonamides is 1. The lowest BCUT2D eigenvalue weighted by Gasteiger charge is -2.29. The molecule has 1 saturated heterocycles. The highest BCUT2D eigenvalue weighted by Gasteiger charge is 2.31. The van der Waals surface area contributed by atoms with Crippen molar-refractivity contribution >= 4 is 21.6 Å². The van der Waals surface area contributed by atoms with E-state index in [9.17, 15) is 13.2 Å². The number of rotatable bonds is 5. The first-order valence-electron chi connectivity index (χ1n) is 6.93. The third-order valence-corrected chi connectivity index (χ3v) is 5.45. The minimum atomic E-state index is -3.57. The van der Waals surface area contributed by atoms with Crippen LogP contribution < -0.4 is 11.1 Å². The van der Waals surface area contributed by atoms with Crippen LogP contribution >= 0.6 is 0 Å². The number of carbonyl (C=O) groups excluding carboxylic acids is 1. The first kappa shape index (κ1) is 15.7. The molecule has 0 aliphatic carbocycles. The molecule has 1 aliphatic heterocycles. The Labute approximate surface area is 124 Å². The van der Waals surface area contributed by atoms with Crippen LogP contribution in [0.15, 0.2) is 23.4 Å². The quantitative estimate of drug-likeness (QED) is 0.818. The minimum absolute atomic E-state index is 0.165. The van der Waals surface area contributed by atoms with Gasteiger partial charge in [-0.05, 0) is 25.8 Å². The van der Waals surface area contributed by atoms with E-state index in [4.69, 9.17) is 5.73 Å². The molecule has 1 aromatic heterocycles. The number of nitrogens with one attached hydrogen (secondary N) is 1. The Bertz CT molecular complexity index is 610. The van der Waals surface area contributed by atoms with E-state index in [2.05, 4.69) is 10.3 Å². The number of carbonyl (C=O) groups is 1. The summed E-state index contributed by atoms with van der Waals surface area (Å²) in [6.45, 7) is 3.23. The predicted molar refractivity (Wildman–Crippen MR) is 79.1 cm³/mol. The summed E-state index contributed by atoms with van der Waals surface area (Å²) in [4.78, 5) is 15.3. The number of pyridine rings is 1. The summed E-state index contributed by atoms with van der Waals surface area (Å²) in [5.74, 6) is -0.592. The number of hydrogen-bond acceptors (Lipinski definition) is 5. The van der Waals surface area contributed by atoms with Crippen molar-refractivity contribution in [2.75, 3.05) is 25.0 Å². The molecule has 1 aliphatic rings. The maximum atomic E-state index is 12.6. The molecule has 0 spiro atoms. The van der Waals surface area contributed by atoms with Gasteiger partial charge in [-0.3, -0.25) is 9.78 Å². The summed E-state index contributed by atoms with van der Waals surface area (Å²) in [5.41, 5.74) is 5.93. The molecule has 116 valence electrons. The fourth-order valence-corrected chi connectivity index (χ4v) is 3.85. The van der Waals surface area contributed by atoms with E-state index in [-0.39, 0.29) is 16.7 Å². The molecule has 0 radical (unpaired) electrons. The zero-order valence-corrected chi connectivity index (χ0v) is 12.8. The Balaban J connectivity index is 2.15. The highest BCUT2D eigenvalue weighted by atomic mass is 32.2. The Kier molecular flexibility index (Phi) is 4.79. The Morgan fingerprint density at radius 2 is 2.10 bits per heavy atom. The van der Waals surface area contributed by atoms with Crippen LogP contribution in [0.25, 0.3) is 0 Å². The molecule has 1 aromatic rings. The molecule has 2 rings (SSSR count). The average Bonchev–Trinajstić information content (AvgIpc) is 2.48. The molecular weight excluding hydrogens is 292 g/mol. The van der Waals surface area contributed by atoms with Crippen LogP contribution in [0.5, 0.6) is 0 Å². The minimum Gasteiger partial charge on any atom is -0.384 e. The second-order valence-corrected chi connectivity index (χ2v) is 6.96. The topological polar surface area (TPSA) is 105 Å². The van der Waals surface area contributed by atoms with Crippen LogP contribution in [0.2, 0.25) is 0 Å². The molecule has 2 heterocycles. The smallest absolute Gasteiger partial charge is 0.244 e. The zero-order chi connectivity index (χ0) is 15.5. The highest BCUT2D eigenvalue weighted by molar-refractivity contribution is 7.89. The maximum Gasteiger partial charge on any atom is 0.244 e. The van der Waals surface area contributed by atoms with Gasteiger partial charge in [0.15, 0.2) is 0 Å². The molecular formula is C13H20N4O3S. The Hall–Kier alpha value is -1.67. The van der Waals surface area contributed by atoms with Gasteiger partial charge in [-0.25, -0.2) is 8.42 Å². The zero-order valence-electron chi connectivity index (χ0n) is 11.9. The van der Waals surface area contributed by atoms with Crippen molar-refractivity contribution in [3.8, 4) is 0 Å². The fourth-order valence-electron chi connectivity index (χ4n) is 2.39. The SMILES string of the molecule is CCNc1cncc(S(=O)(=O)N2CCC(C(N)=O)CC2)c1. The fraction of sp³-hybridized carbons (Fsp3) is 0.538. The monoisotopic (exact) mass is 312 g/mol. The normalized spacial score (nSPS) is 17.6. The molecule has 0 bridgehead atoms. The van der Waals surface area contributed by atoms with Gasteiger partial charge in [-0.1, -0.05) is 0 Å². The molecule has 8 heteroatoms. The summed E-state index contributed by atoms with van der Waals surface area (Å²) < 4.78 is 26.5. The van der Waals surface area contributed by atoms with Crippen molar-refractivity contribution < 1.29 is 13.2 Å². The van der Waals surface area contributed by atoms with Gasteiger partial charge in [0.25, 0.3) is 0 Å². The van der Waals surface area contributed by atoms with Crippen LogP contribution in [0, 0.1) is 5.92 Å². The van der Waals surface area contributed by atoms with Crippen LogP contribution in [0.4, 0.5) is 5.69 Å². The second-order valence-electron chi connectivity index (χ2n) is 5.02.